The summed E-state index contributed by atoms with van der Waals surface area (Å²) >= 11 is 0. The number of hydrogen-bond donors (Lipinski definition) is 3. The summed E-state index contributed by atoms with van der Waals surface area (Å²) in [5, 5.41) is 8.50. The number of hydrogen-bond acceptors (Lipinski definition) is 1. The number of nitrogens with one attached hydrogen (secondary N) is 2. The van der Waals surface area contributed by atoms with Crippen LogP contribution in [0.3, 0.4) is 0 Å². The predicted octanol–water partition coefficient (Wildman–Crippen LogP) is 2.96. The van der Waals surface area contributed by atoms with E-state index >= 15 is 0 Å². The number of rotatable bonds is 13. The molecule has 0 aliphatic rings. The van der Waals surface area contributed by atoms with Gasteiger partial charge in [0.2, 0.25) is 38.0 Å². The minimum absolute atomic E-state index is 0. The van der Waals surface area contributed by atoms with Crippen molar-refractivity contribution in [3.63, 3.8) is 0 Å². The molecule has 0 saturated heterocycles. The Bertz CT molecular complexity index is 1690. The summed E-state index contributed by atoms with van der Waals surface area (Å²) < 4.78 is 20.6. The minimum Gasteiger partial charge on any atom is -0.392 e. The molecule has 6 rings (SSSR count). The van der Waals surface area contributed by atoms with Crippen LogP contribution in [0.25, 0.3) is 0 Å². The molecule has 0 aliphatic heterocycles. The van der Waals surface area contributed by atoms with Crippen molar-refractivity contribution in [1.82, 2.24) is 28.2 Å². The van der Waals surface area contributed by atoms with Gasteiger partial charge in [-0.15, -0.1) is 0 Å². The second-order valence-corrected chi connectivity index (χ2v) is 12.9. The van der Waals surface area contributed by atoms with Gasteiger partial charge in [-0.3, -0.25) is 9.97 Å². The van der Waals surface area contributed by atoms with Crippen LogP contribution in [0.4, 0.5) is 0 Å². The van der Waals surface area contributed by atoms with Crippen molar-refractivity contribution in [2.75, 3.05) is 6.61 Å². The molecule has 6 heterocycles. The van der Waals surface area contributed by atoms with Crippen LogP contribution in [0.1, 0.15) is 59.3 Å². The molecule has 6 aromatic rings. The zero-order valence-electron chi connectivity index (χ0n) is 37.5. The number of aromatic nitrogens is 12. The normalized spacial score (nSPS) is 8.83. The second-order valence-electron chi connectivity index (χ2n) is 12.9. The number of aryl methyl sites for hydroxylation is 8. The van der Waals surface area contributed by atoms with Gasteiger partial charge in [0.25, 0.3) is 0 Å². The Hall–Kier alpha value is 1.58. The van der Waals surface area contributed by atoms with Crippen LogP contribution in [0.15, 0.2) is 125 Å². The molecule has 0 bridgehead atoms. The molecule has 310 valence electrons. The van der Waals surface area contributed by atoms with Gasteiger partial charge in [0.05, 0.1) is 61.5 Å². The SMILES string of the molecule is C=CC[n+]1cc[nH]c1.CCCCCCn1cc[n+](C)c1.CCCCn1cc[n+](C)c1.CCn1cc[n+](C)c1.C[n+]1cc[nH]c1.C[n+]1ccn(CCO)c1.[Y].[Y].[Y].[Y].[Y].[Y]. The predicted molar refractivity (Wildman–Crippen MR) is 207 cm³/mol. The van der Waals surface area contributed by atoms with E-state index in [-0.39, 0.29) is 203 Å². The van der Waals surface area contributed by atoms with E-state index in [1.54, 1.807) is 0 Å². The van der Waals surface area contributed by atoms with E-state index in [2.05, 4.69) is 117 Å². The Labute approximate surface area is 507 Å². The molecule has 6 aromatic heterocycles. The van der Waals surface area contributed by atoms with Crippen LogP contribution in [0, 0.1) is 0 Å². The van der Waals surface area contributed by atoms with Crippen molar-refractivity contribution in [3.05, 3.63) is 125 Å². The molecule has 19 heteroatoms. The van der Waals surface area contributed by atoms with Crippen LogP contribution < -0.4 is 27.4 Å². The average molecular weight is 1270 g/mol. The standard InChI is InChI=1S/C10H19N2.C8H15N2.C6H11N2O.C6H11N2.C6H8N2.C4H6N2.6Y/c1-3-4-5-6-7-12-9-8-11(2)10-12;1-3-4-5-10-7-6-9(2)8-10;1-7-2-3-8(6-7)4-5-9;1-3-8-5-4-7(2)6-8;1-2-4-8-5-3-7-6-8;1-6-3-2-5-4-6;;;;;;/h8-10H,3-7H2,1-2H3;6-8H,3-5H2,1-2H3;2-3,6,9H,4-5H2,1H3;4-6H,3H2,1-2H3;2-3,5-6H,1,4H2;2-4H,1H3;;;;;;/q4*+1;;;;;;;;/p+2. The fraction of sp³-hybridized carbons (Fsp3) is 0.500. The van der Waals surface area contributed by atoms with E-state index in [0.29, 0.717) is 6.54 Å². The van der Waals surface area contributed by atoms with Crippen molar-refractivity contribution >= 4 is 0 Å². The maximum absolute atomic E-state index is 8.50. The van der Waals surface area contributed by atoms with Gasteiger partial charge in [0.1, 0.15) is 87.5 Å². The number of aliphatic hydroxyl groups excluding tert-OH is 1. The van der Waals surface area contributed by atoms with E-state index in [1.807, 2.05) is 119 Å². The molecule has 59 heavy (non-hydrogen) atoms. The Morgan fingerprint density at radius 1 is 0.508 bits per heavy atom. The first-order valence-electron chi connectivity index (χ1n) is 18.9. The summed E-state index contributed by atoms with van der Waals surface area (Å²) in [5.41, 5.74) is 0. The molecule has 3 N–H and O–H groups in total. The molecule has 0 fully saturated rings. The topological polar surface area (TPSA) is 94.8 Å². The molecule has 0 atom stereocenters. The number of aliphatic hydroxyl groups is 1. The number of unbranched alkanes of at least 4 members (excludes halogenated alkanes) is 4. The number of H-pyrrole nitrogens is 2. The van der Waals surface area contributed by atoms with Gasteiger partial charge in [-0.2, -0.15) is 0 Å². The average Bonchev–Trinajstić information content (AvgIpc) is 4.01. The van der Waals surface area contributed by atoms with E-state index in [1.165, 1.54) is 45.1 Å². The Morgan fingerprint density at radius 2 is 0.932 bits per heavy atom. The van der Waals surface area contributed by atoms with Crippen LogP contribution >= 0.6 is 0 Å². The Kier molecular flexibility index (Phi) is 60.0. The van der Waals surface area contributed by atoms with Gasteiger partial charge in [-0.25, -0.2) is 45.7 Å². The third kappa shape index (κ3) is 40.8. The summed E-state index contributed by atoms with van der Waals surface area (Å²) in [5.74, 6) is 0. The Balaban J connectivity index is -0.000000141. The van der Waals surface area contributed by atoms with Crippen LogP contribution in [0.5, 0.6) is 0 Å². The third-order valence-electron chi connectivity index (χ3n) is 7.68. The first-order chi connectivity index (χ1) is 25.6. The zero-order valence-corrected chi connectivity index (χ0v) is 54.6. The first kappa shape index (κ1) is 72.2. The monoisotopic (exact) mass is 1270 g/mol. The van der Waals surface area contributed by atoms with Gasteiger partial charge >= 0.3 is 0 Å². The number of imidazole rings is 6. The Morgan fingerprint density at radius 3 is 1.22 bits per heavy atom. The van der Waals surface area contributed by atoms with Gasteiger partial charge in [-0.05, 0) is 26.2 Å². The van der Waals surface area contributed by atoms with Crippen molar-refractivity contribution in [2.45, 2.75) is 92.0 Å². The quantitative estimate of drug-likeness (QED) is 0.0928. The second kappa shape index (κ2) is 49.0. The van der Waals surface area contributed by atoms with Gasteiger partial charge in [0, 0.05) is 196 Å². The molecule has 0 aliphatic carbocycles. The molecule has 0 saturated carbocycles. The molecule has 0 amide bonds. The van der Waals surface area contributed by atoms with Crippen LogP contribution in [-0.2, 0) is 264 Å². The maximum atomic E-state index is 8.50. The van der Waals surface area contributed by atoms with E-state index in [0.717, 1.165) is 19.6 Å². The maximum Gasteiger partial charge on any atom is 0.243 e. The molecule has 13 nitrogen and oxygen atoms in total. The number of nitrogens with zero attached hydrogens (tertiary/aromatic N) is 10. The summed E-state index contributed by atoms with van der Waals surface area (Å²) in [6.07, 6.45) is 45.7. The van der Waals surface area contributed by atoms with Crippen molar-refractivity contribution in [2.24, 2.45) is 35.2 Å². The van der Waals surface area contributed by atoms with Crippen LogP contribution in [-0.4, -0.2) is 39.9 Å². The molecular weight excluding hydrogens is 1200 g/mol. The minimum atomic E-state index is 0. The number of allylic oxidation sites excluding steroid dienone is 1. The fourth-order valence-corrected chi connectivity index (χ4v) is 4.72. The summed E-state index contributed by atoms with van der Waals surface area (Å²) in [6, 6.07) is 0. The third-order valence-corrected chi connectivity index (χ3v) is 7.68. The van der Waals surface area contributed by atoms with E-state index in [9.17, 15) is 0 Å². The molecule has 6 radical (unpaired) electrons. The van der Waals surface area contributed by atoms with E-state index < -0.39 is 0 Å². The van der Waals surface area contributed by atoms with Crippen molar-refractivity contribution < 1.29 is 229 Å². The molecule has 0 unspecified atom stereocenters. The molecular formula is C40H72N12OY6+6. The zero-order chi connectivity index (χ0) is 39.1. The van der Waals surface area contributed by atoms with Gasteiger partial charge in [0.15, 0.2) is 0 Å². The first-order valence-corrected chi connectivity index (χ1v) is 18.9. The smallest absolute Gasteiger partial charge is 0.243 e. The molecule has 0 aromatic carbocycles. The summed E-state index contributed by atoms with van der Waals surface area (Å²) in [4.78, 5) is 5.82. The largest absolute Gasteiger partial charge is 0.392 e. The number of aromatic amines is 2. The van der Waals surface area contributed by atoms with Crippen molar-refractivity contribution in [3.8, 4) is 0 Å². The molecule has 0 spiro atoms. The summed E-state index contributed by atoms with van der Waals surface area (Å²) in [7, 11) is 10.0. The van der Waals surface area contributed by atoms with E-state index in [4.69, 9.17) is 5.11 Å². The van der Waals surface area contributed by atoms with Crippen molar-refractivity contribution in [1.29, 1.82) is 0 Å². The van der Waals surface area contributed by atoms with Gasteiger partial charge < -0.3 is 5.11 Å². The fourth-order valence-electron chi connectivity index (χ4n) is 4.72. The summed E-state index contributed by atoms with van der Waals surface area (Å²) in [6.45, 7) is 15.3. The van der Waals surface area contributed by atoms with Gasteiger partial charge in [-0.1, -0.05) is 45.8 Å². The van der Waals surface area contributed by atoms with Crippen LogP contribution in [0.2, 0.25) is 0 Å².